The molecule has 0 radical (unpaired) electrons. The number of aryl methyl sites for hydroxylation is 2. The maximum atomic E-state index is 12.6. The van der Waals surface area contributed by atoms with Crippen molar-refractivity contribution >= 4 is 46.6 Å². The number of benzene rings is 2. The Morgan fingerprint density at radius 3 is 2.61 bits per heavy atom. The molecular formula is C24H26ClN5O2S. The molecule has 0 aliphatic heterocycles. The molecule has 0 aliphatic rings. The van der Waals surface area contributed by atoms with Crippen LogP contribution in [0.25, 0.3) is 0 Å². The van der Waals surface area contributed by atoms with E-state index in [2.05, 4.69) is 27.4 Å². The first-order valence-electron chi connectivity index (χ1n) is 10.4. The summed E-state index contributed by atoms with van der Waals surface area (Å²) in [4.78, 5) is 25.0. The molecular weight excluding hydrogens is 458 g/mol. The maximum absolute atomic E-state index is 12.6. The predicted octanol–water partition coefficient (Wildman–Crippen LogP) is 4.95. The van der Waals surface area contributed by atoms with E-state index in [9.17, 15) is 9.59 Å². The van der Waals surface area contributed by atoms with Crippen LogP contribution in [0.5, 0.6) is 0 Å². The molecule has 1 aromatic heterocycles. The molecule has 0 fully saturated rings. The van der Waals surface area contributed by atoms with Gasteiger partial charge in [-0.1, -0.05) is 41.6 Å². The van der Waals surface area contributed by atoms with Gasteiger partial charge in [-0.15, -0.1) is 16.8 Å². The molecule has 7 nitrogen and oxygen atoms in total. The van der Waals surface area contributed by atoms with Gasteiger partial charge in [0.05, 0.1) is 12.2 Å². The molecule has 172 valence electrons. The third-order valence-corrected chi connectivity index (χ3v) is 6.46. The highest BCUT2D eigenvalue weighted by Gasteiger charge is 2.17. The minimum atomic E-state index is -0.193. The molecule has 33 heavy (non-hydrogen) atoms. The smallest absolute Gasteiger partial charge is 0.234 e. The molecule has 2 amide bonds. The number of nitrogens with zero attached hydrogens (tertiary/aromatic N) is 3. The molecule has 0 bridgehead atoms. The van der Waals surface area contributed by atoms with Crippen molar-refractivity contribution in [3.05, 3.63) is 76.6 Å². The summed E-state index contributed by atoms with van der Waals surface area (Å²) in [5.41, 5.74) is 4.48. The third kappa shape index (κ3) is 6.46. The lowest BCUT2D eigenvalue weighted by Crippen LogP contribution is -2.18. The number of amides is 2. The first-order chi connectivity index (χ1) is 15.8. The normalized spacial score (nSPS) is 10.7. The van der Waals surface area contributed by atoms with Crippen LogP contribution in [0, 0.1) is 20.8 Å². The summed E-state index contributed by atoms with van der Waals surface area (Å²) in [7, 11) is 0. The summed E-state index contributed by atoms with van der Waals surface area (Å²) < 4.78 is 1.79. The van der Waals surface area contributed by atoms with Gasteiger partial charge < -0.3 is 15.2 Å². The van der Waals surface area contributed by atoms with Gasteiger partial charge in [0.2, 0.25) is 11.8 Å². The van der Waals surface area contributed by atoms with Crippen LogP contribution < -0.4 is 10.6 Å². The van der Waals surface area contributed by atoms with Crippen molar-refractivity contribution in [2.45, 2.75) is 38.9 Å². The molecule has 9 heteroatoms. The number of halogens is 1. The van der Waals surface area contributed by atoms with Crippen molar-refractivity contribution in [1.29, 1.82) is 0 Å². The minimum absolute atomic E-state index is 0.0578. The van der Waals surface area contributed by atoms with Gasteiger partial charge in [0.15, 0.2) is 5.16 Å². The van der Waals surface area contributed by atoms with Crippen molar-refractivity contribution in [1.82, 2.24) is 14.8 Å². The van der Waals surface area contributed by atoms with E-state index < -0.39 is 0 Å². The molecule has 0 aliphatic carbocycles. The lowest BCUT2D eigenvalue weighted by Gasteiger charge is -2.10. The van der Waals surface area contributed by atoms with Crippen molar-refractivity contribution in [2.24, 2.45) is 0 Å². The molecule has 3 rings (SSSR count). The Kier molecular flexibility index (Phi) is 8.30. The largest absolute Gasteiger partial charge is 0.326 e. The fourth-order valence-corrected chi connectivity index (χ4v) is 4.04. The molecule has 0 saturated heterocycles. The second-order valence-electron chi connectivity index (χ2n) is 7.57. The van der Waals surface area contributed by atoms with Crippen molar-refractivity contribution < 1.29 is 9.59 Å². The number of allylic oxidation sites excluding steroid dienone is 1. The van der Waals surface area contributed by atoms with Crippen molar-refractivity contribution in [3.8, 4) is 0 Å². The number of hydrogen-bond acceptors (Lipinski definition) is 5. The summed E-state index contributed by atoms with van der Waals surface area (Å²) in [6.07, 6.45) is 1.76. The van der Waals surface area contributed by atoms with E-state index in [1.807, 2.05) is 39.0 Å². The van der Waals surface area contributed by atoms with Crippen LogP contribution in [0.2, 0.25) is 5.02 Å². The Labute approximate surface area is 202 Å². The predicted molar refractivity (Wildman–Crippen MR) is 134 cm³/mol. The average molecular weight is 484 g/mol. The molecule has 0 unspecified atom stereocenters. The zero-order valence-corrected chi connectivity index (χ0v) is 20.4. The maximum Gasteiger partial charge on any atom is 0.234 e. The Bertz CT molecular complexity index is 1190. The summed E-state index contributed by atoms with van der Waals surface area (Å²) in [6.45, 7) is 10.1. The Morgan fingerprint density at radius 1 is 1.09 bits per heavy atom. The lowest BCUT2D eigenvalue weighted by molar-refractivity contribution is -0.116. The van der Waals surface area contributed by atoms with Crippen molar-refractivity contribution in [3.63, 3.8) is 0 Å². The molecule has 1 heterocycles. The molecule has 3 aromatic rings. The summed E-state index contributed by atoms with van der Waals surface area (Å²) >= 11 is 7.36. The van der Waals surface area contributed by atoms with Gasteiger partial charge in [0.25, 0.3) is 0 Å². The number of rotatable bonds is 9. The number of thioether (sulfide) groups is 1. The van der Waals surface area contributed by atoms with Crippen LogP contribution in [0.1, 0.15) is 22.5 Å². The first kappa shape index (κ1) is 24.5. The number of aromatic nitrogens is 3. The SMILES string of the molecule is C=CCn1c(CC(=O)Nc2ccc(C)c(C)c2)nnc1SCC(=O)Nc1cccc(Cl)c1C. The zero-order chi connectivity index (χ0) is 24.0. The Balaban J connectivity index is 1.64. The van der Waals surface area contributed by atoms with E-state index in [0.717, 1.165) is 22.4 Å². The lowest BCUT2D eigenvalue weighted by atomic mass is 10.1. The Hall–Kier alpha value is -3.10. The fourth-order valence-electron chi connectivity index (χ4n) is 3.10. The molecule has 0 spiro atoms. The standard InChI is InChI=1S/C24H26ClN5O2S/c1-5-11-30-21(13-22(31)26-18-10-9-15(2)16(3)12-18)28-29-24(30)33-14-23(32)27-20-8-6-7-19(25)17(20)4/h5-10,12H,1,11,13-14H2,2-4H3,(H,26,31)(H,27,32). The highest BCUT2D eigenvalue weighted by Crippen LogP contribution is 2.24. The quantitative estimate of drug-likeness (QED) is 0.332. The number of carbonyl (C=O) groups excluding carboxylic acids is 2. The molecule has 2 aromatic carbocycles. The molecule has 2 N–H and O–H groups in total. The van der Waals surface area contributed by atoms with E-state index >= 15 is 0 Å². The topological polar surface area (TPSA) is 88.9 Å². The van der Waals surface area contributed by atoms with Crippen LogP contribution in [0.4, 0.5) is 11.4 Å². The van der Waals surface area contributed by atoms with Gasteiger partial charge in [-0.2, -0.15) is 0 Å². The second-order valence-corrected chi connectivity index (χ2v) is 8.92. The van der Waals surface area contributed by atoms with E-state index in [4.69, 9.17) is 11.6 Å². The zero-order valence-electron chi connectivity index (χ0n) is 18.8. The van der Waals surface area contributed by atoms with Crippen LogP contribution in [-0.4, -0.2) is 32.3 Å². The van der Waals surface area contributed by atoms with Gasteiger partial charge >= 0.3 is 0 Å². The number of hydrogen-bond donors (Lipinski definition) is 2. The number of nitrogens with one attached hydrogen (secondary N) is 2. The van der Waals surface area contributed by atoms with Crippen LogP contribution in [0.15, 0.2) is 54.2 Å². The number of anilines is 2. The van der Waals surface area contributed by atoms with Gasteiger partial charge in [-0.05, 0) is 61.7 Å². The van der Waals surface area contributed by atoms with E-state index in [1.54, 1.807) is 28.8 Å². The first-order valence-corrected chi connectivity index (χ1v) is 11.7. The number of carbonyl (C=O) groups is 2. The average Bonchev–Trinajstić information content (AvgIpc) is 3.14. The van der Waals surface area contributed by atoms with Crippen molar-refractivity contribution in [2.75, 3.05) is 16.4 Å². The minimum Gasteiger partial charge on any atom is -0.326 e. The monoisotopic (exact) mass is 483 g/mol. The van der Waals surface area contributed by atoms with Crippen LogP contribution in [-0.2, 0) is 22.6 Å². The van der Waals surface area contributed by atoms with E-state index in [0.29, 0.717) is 28.2 Å². The summed E-state index contributed by atoms with van der Waals surface area (Å²) in [5, 5.41) is 15.2. The Morgan fingerprint density at radius 2 is 1.88 bits per heavy atom. The highest BCUT2D eigenvalue weighted by molar-refractivity contribution is 7.99. The van der Waals surface area contributed by atoms with Gasteiger partial charge in [0.1, 0.15) is 5.82 Å². The summed E-state index contributed by atoms with van der Waals surface area (Å²) in [6, 6.07) is 11.1. The van der Waals surface area contributed by atoms with Crippen LogP contribution in [0.3, 0.4) is 0 Å². The molecule has 0 atom stereocenters. The fraction of sp³-hybridized carbons (Fsp3) is 0.250. The van der Waals surface area contributed by atoms with Crippen LogP contribution >= 0.6 is 23.4 Å². The van der Waals surface area contributed by atoms with E-state index in [1.165, 1.54) is 11.8 Å². The highest BCUT2D eigenvalue weighted by atomic mass is 35.5. The van der Waals surface area contributed by atoms with Gasteiger partial charge in [0, 0.05) is 22.9 Å². The van der Waals surface area contributed by atoms with E-state index in [-0.39, 0.29) is 24.0 Å². The third-order valence-electron chi connectivity index (χ3n) is 5.09. The molecule has 0 saturated carbocycles. The van der Waals surface area contributed by atoms with Gasteiger partial charge in [-0.3, -0.25) is 9.59 Å². The summed E-state index contributed by atoms with van der Waals surface area (Å²) in [5.74, 6) is 0.259. The van der Waals surface area contributed by atoms with Gasteiger partial charge in [-0.25, -0.2) is 0 Å². The second kappa shape index (κ2) is 11.2.